The van der Waals surface area contributed by atoms with E-state index in [0.29, 0.717) is 35.7 Å². The molecule has 1 aromatic heterocycles. The summed E-state index contributed by atoms with van der Waals surface area (Å²) >= 11 is 0. The summed E-state index contributed by atoms with van der Waals surface area (Å²) in [4.78, 5) is 12.0. The standard InChI is InChI=1S/C20H18F3N3O2/c1-28-10-9-24-19(27)14-7-5-13(6-8-14)17-12-18(26-25-17)15-3-2-4-16(11-15)20(21,22)23/h2-8,11-12H,9-10H2,1H3,(H,24,27)(H,25,26). The topological polar surface area (TPSA) is 67.0 Å². The van der Waals surface area contributed by atoms with Crippen molar-refractivity contribution in [2.45, 2.75) is 6.18 Å². The first-order valence-corrected chi connectivity index (χ1v) is 8.49. The number of carbonyl (C=O) groups excluding carboxylic acids is 1. The first kappa shape index (κ1) is 19.6. The van der Waals surface area contributed by atoms with E-state index in [0.717, 1.165) is 17.7 Å². The maximum Gasteiger partial charge on any atom is 0.416 e. The molecule has 0 saturated heterocycles. The molecule has 0 unspecified atom stereocenters. The lowest BCUT2D eigenvalue weighted by molar-refractivity contribution is -0.137. The Balaban J connectivity index is 1.76. The molecule has 0 aliphatic carbocycles. The van der Waals surface area contributed by atoms with Crippen molar-refractivity contribution in [1.82, 2.24) is 15.5 Å². The van der Waals surface area contributed by atoms with Crippen LogP contribution in [0.4, 0.5) is 13.2 Å². The van der Waals surface area contributed by atoms with Gasteiger partial charge in [0.15, 0.2) is 0 Å². The summed E-state index contributed by atoms with van der Waals surface area (Å²) in [6.45, 7) is 0.842. The number of halogens is 3. The third kappa shape index (κ3) is 4.58. The number of hydrogen-bond donors (Lipinski definition) is 2. The molecule has 0 aliphatic heterocycles. The van der Waals surface area contributed by atoms with Gasteiger partial charge in [-0.15, -0.1) is 0 Å². The fourth-order valence-corrected chi connectivity index (χ4v) is 2.64. The van der Waals surface area contributed by atoms with E-state index in [2.05, 4.69) is 15.5 Å². The van der Waals surface area contributed by atoms with Crippen molar-refractivity contribution in [1.29, 1.82) is 0 Å². The van der Waals surface area contributed by atoms with Gasteiger partial charge in [0.2, 0.25) is 0 Å². The number of nitrogens with zero attached hydrogens (tertiary/aromatic N) is 1. The number of aromatic amines is 1. The fourth-order valence-electron chi connectivity index (χ4n) is 2.64. The smallest absolute Gasteiger partial charge is 0.383 e. The predicted molar refractivity (Wildman–Crippen MR) is 98.7 cm³/mol. The summed E-state index contributed by atoms with van der Waals surface area (Å²) in [6.07, 6.45) is -4.41. The monoisotopic (exact) mass is 389 g/mol. The molecule has 1 heterocycles. The number of hydrogen-bond acceptors (Lipinski definition) is 3. The van der Waals surface area contributed by atoms with Gasteiger partial charge in [0, 0.05) is 24.8 Å². The van der Waals surface area contributed by atoms with Crippen LogP contribution in [0.1, 0.15) is 15.9 Å². The van der Waals surface area contributed by atoms with Crippen molar-refractivity contribution in [3.63, 3.8) is 0 Å². The maximum atomic E-state index is 12.9. The quantitative estimate of drug-likeness (QED) is 0.623. The van der Waals surface area contributed by atoms with E-state index in [-0.39, 0.29) is 5.91 Å². The predicted octanol–water partition coefficient (Wildman–Crippen LogP) is 4.14. The molecule has 0 saturated carbocycles. The second kappa shape index (κ2) is 8.26. The molecular formula is C20H18F3N3O2. The summed E-state index contributed by atoms with van der Waals surface area (Å²) in [7, 11) is 1.55. The van der Waals surface area contributed by atoms with Crippen molar-refractivity contribution in [3.05, 3.63) is 65.7 Å². The molecule has 0 bridgehead atoms. The number of methoxy groups -OCH3 is 1. The molecule has 0 atom stereocenters. The highest BCUT2D eigenvalue weighted by atomic mass is 19.4. The Labute approximate surface area is 159 Å². The lowest BCUT2D eigenvalue weighted by Gasteiger charge is -2.07. The lowest BCUT2D eigenvalue weighted by atomic mass is 10.1. The van der Waals surface area contributed by atoms with Crippen LogP contribution in [0.15, 0.2) is 54.6 Å². The van der Waals surface area contributed by atoms with E-state index >= 15 is 0 Å². The molecule has 146 valence electrons. The van der Waals surface area contributed by atoms with Crippen LogP contribution in [0.2, 0.25) is 0 Å². The summed E-state index contributed by atoms with van der Waals surface area (Å²) < 4.78 is 43.5. The second-order valence-corrected chi connectivity index (χ2v) is 6.07. The van der Waals surface area contributed by atoms with Gasteiger partial charge in [-0.05, 0) is 35.9 Å². The van der Waals surface area contributed by atoms with Crippen LogP contribution in [0.3, 0.4) is 0 Å². The molecule has 0 fully saturated rings. The van der Waals surface area contributed by atoms with Gasteiger partial charge in [0.05, 0.1) is 23.6 Å². The van der Waals surface area contributed by atoms with E-state index in [1.54, 1.807) is 43.5 Å². The van der Waals surface area contributed by atoms with Crippen LogP contribution in [0.5, 0.6) is 0 Å². The Bertz CT molecular complexity index is 950. The molecular weight excluding hydrogens is 371 g/mol. The summed E-state index contributed by atoms with van der Waals surface area (Å²) in [6, 6.07) is 13.5. The van der Waals surface area contributed by atoms with Crippen molar-refractivity contribution >= 4 is 5.91 Å². The van der Waals surface area contributed by atoms with Crippen molar-refractivity contribution in [3.8, 4) is 22.5 Å². The van der Waals surface area contributed by atoms with Gasteiger partial charge in [-0.2, -0.15) is 18.3 Å². The van der Waals surface area contributed by atoms with E-state index in [1.165, 1.54) is 6.07 Å². The van der Waals surface area contributed by atoms with E-state index in [1.807, 2.05) is 0 Å². The Morgan fingerprint density at radius 3 is 2.54 bits per heavy atom. The average molecular weight is 389 g/mol. The highest BCUT2D eigenvalue weighted by Crippen LogP contribution is 2.32. The molecule has 0 spiro atoms. The van der Waals surface area contributed by atoms with Crippen LogP contribution >= 0.6 is 0 Å². The minimum absolute atomic E-state index is 0.210. The fraction of sp³-hybridized carbons (Fsp3) is 0.200. The number of ether oxygens (including phenoxy) is 1. The SMILES string of the molecule is COCCNC(=O)c1ccc(-c2cc(-c3cccc(C(F)(F)F)c3)n[nH]2)cc1. The maximum absolute atomic E-state index is 12.9. The number of aromatic nitrogens is 2. The highest BCUT2D eigenvalue weighted by molar-refractivity contribution is 5.94. The zero-order valence-electron chi connectivity index (χ0n) is 15.0. The largest absolute Gasteiger partial charge is 0.416 e. The molecule has 5 nitrogen and oxygen atoms in total. The number of carbonyl (C=O) groups is 1. The van der Waals surface area contributed by atoms with E-state index in [4.69, 9.17) is 4.74 Å². The zero-order chi connectivity index (χ0) is 20.1. The van der Waals surface area contributed by atoms with Gasteiger partial charge in [-0.3, -0.25) is 9.89 Å². The van der Waals surface area contributed by atoms with Gasteiger partial charge >= 0.3 is 6.18 Å². The number of alkyl halides is 3. The van der Waals surface area contributed by atoms with Gasteiger partial charge in [-0.25, -0.2) is 0 Å². The van der Waals surface area contributed by atoms with Crippen molar-refractivity contribution in [2.24, 2.45) is 0 Å². The summed E-state index contributed by atoms with van der Waals surface area (Å²) in [5.74, 6) is -0.210. The third-order valence-electron chi connectivity index (χ3n) is 4.11. The van der Waals surface area contributed by atoms with Gasteiger partial charge in [0.1, 0.15) is 0 Å². The Kier molecular flexibility index (Phi) is 5.79. The van der Waals surface area contributed by atoms with Crippen molar-refractivity contribution in [2.75, 3.05) is 20.3 Å². The first-order chi connectivity index (χ1) is 13.4. The molecule has 28 heavy (non-hydrogen) atoms. The minimum Gasteiger partial charge on any atom is -0.383 e. The Morgan fingerprint density at radius 2 is 1.86 bits per heavy atom. The third-order valence-corrected chi connectivity index (χ3v) is 4.11. The number of rotatable bonds is 6. The zero-order valence-corrected chi connectivity index (χ0v) is 15.0. The van der Waals surface area contributed by atoms with Crippen LogP contribution in [-0.2, 0) is 10.9 Å². The van der Waals surface area contributed by atoms with E-state index < -0.39 is 11.7 Å². The van der Waals surface area contributed by atoms with Crippen molar-refractivity contribution < 1.29 is 22.7 Å². The normalized spacial score (nSPS) is 11.4. The van der Waals surface area contributed by atoms with Gasteiger partial charge in [-0.1, -0.05) is 24.3 Å². The number of H-pyrrole nitrogens is 1. The lowest BCUT2D eigenvalue weighted by Crippen LogP contribution is -2.26. The molecule has 8 heteroatoms. The van der Waals surface area contributed by atoms with Crippen LogP contribution in [-0.4, -0.2) is 36.4 Å². The minimum atomic E-state index is -4.41. The Morgan fingerprint density at radius 1 is 1.11 bits per heavy atom. The molecule has 3 rings (SSSR count). The molecule has 0 aliphatic rings. The number of amides is 1. The Hall–Kier alpha value is -3.13. The second-order valence-electron chi connectivity index (χ2n) is 6.07. The van der Waals surface area contributed by atoms with Gasteiger partial charge in [0.25, 0.3) is 5.91 Å². The highest BCUT2D eigenvalue weighted by Gasteiger charge is 2.30. The number of nitrogens with one attached hydrogen (secondary N) is 2. The van der Waals surface area contributed by atoms with Crippen LogP contribution in [0, 0.1) is 0 Å². The molecule has 0 radical (unpaired) electrons. The number of benzene rings is 2. The summed E-state index contributed by atoms with van der Waals surface area (Å²) in [5.41, 5.74) is 1.95. The van der Waals surface area contributed by atoms with Crippen LogP contribution < -0.4 is 5.32 Å². The van der Waals surface area contributed by atoms with E-state index in [9.17, 15) is 18.0 Å². The van der Waals surface area contributed by atoms with Gasteiger partial charge < -0.3 is 10.1 Å². The summed E-state index contributed by atoms with van der Waals surface area (Å²) in [5, 5.41) is 9.66. The average Bonchev–Trinajstić information content (AvgIpc) is 3.18. The molecule has 2 aromatic carbocycles. The molecule has 3 aromatic rings. The van der Waals surface area contributed by atoms with Crippen LogP contribution in [0.25, 0.3) is 22.5 Å². The molecule has 1 amide bonds. The first-order valence-electron chi connectivity index (χ1n) is 8.49. The molecule has 2 N–H and O–H groups in total.